The number of benzene rings is 1. The predicted molar refractivity (Wildman–Crippen MR) is 56.2 cm³/mol. The quantitative estimate of drug-likeness (QED) is 0.799. The average Bonchev–Trinajstić information content (AvgIpc) is 2.54. The van der Waals surface area contributed by atoms with Gasteiger partial charge in [0.1, 0.15) is 11.6 Å². The van der Waals surface area contributed by atoms with E-state index in [1.54, 1.807) is 0 Å². The van der Waals surface area contributed by atoms with E-state index in [4.69, 9.17) is 10.5 Å². The molecular formula is C11H15FN2O. The molecule has 0 spiro atoms. The SMILES string of the molecule is COc1cc(F)c2c(c1)C(CN)N(C)C2. The van der Waals surface area contributed by atoms with Gasteiger partial charge in [0.15, 0.2) is 0 Å². The van der Waals surface area contributed by atoms with Gasteiger partial charge in [-0.3, -0.25) is 4.90 Å². The van der Waals surface area contributed by atoms with Crippen molar-refractivity contribution < 1.29 is 9.13 Å². The van der Waals surface area contributed by atoms with Crippen LogP contribution in [0.5, 0.6) is 5.75 Å². The van der Waals surface area contributed by atoms with Gasteiger partial charge in [-0.2, -0.15) is 0 Å². The van der Waals surface area contributed by atoms with Crippen LogP contribution in [0.15, 0.2) is 12.1 Å². The van der Waals surface area contributed by atoms with E-state index in [2.05, 4.69) is 0 Å². The molecule has 4 heteroatoms. The molecule has 0 amide bonds. The summed E-state index contributed by atoms with van der Waals surface area (Å²) < 4.78 is 18.7. The highest BCUT2D eigenvalue weighted by molar-refractivity contribution is 5.41. The smallest absolute Gasteiger partial charge is 0.131 e. The maximum Gasteiger partial charge on any atom is 0.131 e. The minimum atomic E-state index is -0.202. The Labute approximate surface area is 88.6 Å². The van der Waals surface area contributed by atoms with Gasteiger partial charge in [0.2, 0.25) is 0 Å². The number of halogens is 1. The second-order valence-electron chi connectivity index (χ2n) is 3.84. The molecule has 3 nitrogen and oxygen atoms in total. The Bertz CT molecular complexity index is 381. The number of nitrogens with zero attached hydrogens (tertiary/aromatic N) is 1. The van der Waals surface area contributed by atoms with Gasteiger partial charge in [-0.1, -0.05) is 0 Å². The van der Waals surface area contributed by atoms with Crippen molar-refractivity contribution in [1.82, 2.24) is 4.90 Å². The summed E-state index contributed by atoms with van der Waals surface area (Å²) in [6.07, 6.45) is 0. The third-order valence-electron chi connectivity index (χ3n) is 2.96. The fourth-order valence-corrected chi connectivity index (χ4v) is 2.12. The van der Waals surface area contributed by atoms with Crippen LogP contribution in [0, 0.1) is 5.82 Å². The molecule has 0 saturated heterocycles. The lowest BCUT2D eigenvalue weighted by Gasteiger charge is -2.17. The van der Waals surface area contributed by atoms with E-state index >= 15 is 0 Å². The van der Waals surface area contributed by atoms with Crippen molar-refractivity contribution in [3.8, 4) is 5.75 Å². The van der Waals surface area contributed by atoms with Gasteiger partial charge in [0.25, 0.3) is 0 Å². The van der Waals surface area contributed by atoms with E-state index in [-0.39, 0.29) is 11.9 Å². The minimum Gasteiger partial charge on any atom is -0.497 e. The van der Waals surface area contributed by atoms with E-state index in [9.17, 15) is 4.39 Å². The lowest BCUT2D eigenvalue weighted by Crippen LogP contribution is -2.23. The topological polar surface area (TPSA) is 38.5 Å². The first-order valence-corrected chi connectivity index (χ1v) is 4.94. The largest absolute Gasteiger partial charge is 0.497 e. The van der Waals surface area contributed by atoms with Crippen LogP contribution < -0.4 is 10.5 Å². The van der Waals surface area contributed by atoms with Crippen LogP contribution >= 0.6 is 0 Å². The molecule has 1 unspecified atom stereocenters. The highest BCUT2D eigenvalue weighted by Gasteiger charge is 2.29. The van der Waals surface area contributed by atoms with Gasteiger partial charge >= 0.3 is 0 Å². The van der Waals surface area contributed by atoms with E-state index in [1.807, 2.05) is 18.0 Å². The Balaban J connectivity index is 2.50. The van der Waals surface area contributed by atoms with Crippen LogP contribution in [0.4, 0.5) is 4.39 Å². The number of hydrogen-bond donors (Lipinski definition) is 1. The minimum absolute atomic E-state index is 0.101. The fourth-order valence-electron chi connectivity index (χ4n) is 2.12. The summed E-state index contributed by atoms with van der Waals surface area (Å²) >= 11 is 0. The molecule has 82 valence electrons. The van der Waals surface area contributed by atoms with E-state index in [0.717, 1.165) is 11.1 Å². The van der Waals surface area contributed by atoms with Crippen LogP contribution in [0.3, 0.4) is 0 Å². The third-order valence-corrected chi connectivity index (χ3v) is 2.96. The lowest BCUT2D eigenvalue weighted by atomic mass is 10.0. The Morgan fingerprint density at radius 2 is 2.33 bits per heavy atom. The molecule has 0 radical (unpaired) electrons. The number of hydrogen-bond acceptors (Lipinski definition) is 3. The van der Waals surface area contributed by atoms with E-state index in [1.165, 1.54) is 13.2 Å². The van der Waals surface area contributed by atoms with Crippen molar-refractivity contribution in [3.63, 3.8) is 0 Å². The van der Waals surface area contributed by atoms with E-state index in [0.29, 0.717) is 18.8 Å². The molecule has 1 aromatic carbocycles. The van der Waals surface area contributed by atoms with Gasteiger partial charge < -0.3 is 10.5 Å². The number of nitrogens with two attached hydrogens (primary N) is 1. The number of likely N-dealkylation sites (N-methyl/N-ethyl adjacent to an activating group) is 1. The van der Waals surface area contributed by atoms with Crippen molar-refractivity contribution in [2.75, 3.05) is 20.7 Å². The Morgan fingerprint density at radius 3 is 2.93 bits per heavy atom. The third kappa shape index (κ3) is 1.60. The first-order valence-electron chi connectivity index (χ1n) is 4.94. The zero-order chi connectivity index (χ0) is 11.0. The summed E-state index contributed by atoms with van der Waals surface area (Å²) in [6.45, 7) is 1.11. The van der Waals surface area contributed by atoms with Crippen molar-refractivity contribution in [2.45, 2.75) is 12.6 Å². The molecule has 0 aromatic heterocycles. The molecule has 0 saturated carbocycles. The normalized spacial score (nSPS) is 20.4. The zero-order valence-electron chi connectivity index (χ0n) is 8.96. The molecule has 15 heavy (non-hydrogen) atoms. The van der Waals surface area contributed by atoms with Gasteiger partial charge in [-0.05, 0) is 18.7 Å². The molecule has 1 aliphatic heterocycles. The van der Waals surface area contributed by atoms with Gasteiger partial charge in [0.05, 0.1) is 7.11 Å². The second-order valence-corrected chi connectivity index (χ2v) is 3.84. The van der Waals surface area contributed by atoms with Gasteiger partial charge in [-0.15, -0.1) is 0 Å². The zero-order valence-corrected chi connectivity index (χ0v) is 8.96. The summed E-state index contributed by atoms with van der Waals surface area (Å²) in [6, 6.07) is 3.40. The number of methoxy groups -OCH3 is 1. The predicted octanol–water partition coefficient (Wildman–Crippen LogP) is 1.28. The molecule has 2 N–H and O–H groups in total. The van der Waals surface area contributed by atoms with Crippen LogP contribution in [0.1, 0.15) is 17.2 Å². The highest BCUT2D eigenvalue weighted by Crippen LogP contribution is 2.35. The molecule has 0 bridgehead atoms. The van der Waals surface area contributed by atoms with Gasteiger partial charge in [0, 0.05) is 30.8 Å². The molecular weight excluding hydrogens is 195 g/mol. The van der Waals surface area contributed by atoms with Gasteiger partial charge in [-0.25, -0.2) is 4.39 Å². The maximum absolute atomic E-state index is 13.7. The fraction of sp³-hybridized carbons (Fsp3) is 0.455. The summed E-state index contributed by atoms with van der Waals surface area (Å²) in [5.74, 6) is 0.354. The highest BCUT2D eigenvalue weighted by atomic mass is 19.1. The number of ether oxygens (including phenoxy) is 1. The number of rotatable bonds is 2. The van der Waals surface area contributed by atoms with Crippen molar-refractivity contribution in [3.05, 3.63) is 29.1 Å². The summed E-state index contributed by atoms with van der Waals surface area (Å²) in [5.41, 5.74) is 7.38. The monoisotopic (exact) mass is 210 g/mol. The Hall–Kier alpha value is -1.13. The standard InChI is InChI=1S/C11H15FN2O/c1-14-6-9-8(11(14)5-13)3-7(15-2)4-10(9)12/h3-4,11H,5-6,13H2,1-2H3. The molecule has 1 aromatic rings. The lowest BCUT2D eigenvalue weighted by molar-refractivity contribution is 0.273. The van der Waals surface area contributed by atoms with Crippen LogP contribution in [-0.4, -0.2) is 25.6 Å². The molecule has 1 aliphatic rings. The first kappa shape index (κ1) is 10.4. The average molecular weight is 210 g/mol. The summed E-state index contributed by atoms with van der Waals surface area (Å²) in [4.78, 5) is 2.05. The van der Waals surface area contributed by atoms with Crippen LogP contribution in [0.25, 0.3) is 0 Å². The van der Waals surface area contributed by atoms with Crippen molar-refractivity contribution >= 4 is 0 Å². The van der Waals surface area contributed by atoms with Crippen molar-refractivity contribution in [1.29, 1.82) is 0 Å². The Kier molecular flexibility index (Phi) is 2.63. The second kappa shape index (κ2) is 3.79. The molecule has 1 atom stereocenters. The molecule has 0 fully saturated rings. The molecule has 1 heterocycles. The summed E-state index contributed by atoms with van der Waals surface area (Å²) in [7, 11) is 3.49. The maximum atomic E-state index is 13.7. The number of fused-ring (bicyclic) bond motifs is 1. The Morgan fingerprint density at radius 1 is 1.60 bits per heavy atom. The molecule has 2 rings (SSSR count). The van der Waals surface area contributed by atoms with E-state index < -0.39 is 0 Å². The molecule has 0 aliphatic carbocycles. The van der Waals surface area contributed by atoms with Crippen molar-refractivity contribution in [2.24, 2.45) is 5.73 Å². The van der Waals surface area contributed by atoms with Crippen LogP contribution in [0.2, 0.25) is 0 Å². The summed E-state index contributed by atoms with van der Waals surface area (Å²) in [5, 5.41) is 0. The first-order chi connectivity index (χ1) is 7.17. The van der Waals surface area contributed by atoms with Crippen LogP contribution in [-0.2, 0) is 6.54 Å².